The molecule has 4 nitrogen and oxygen atoms in total. The van der Waals surface area contributed by atoms with Crippen molar-refractivity contribution < 1.29 is 0 Å². The highest BCUT2D eigenvalue weighted by Gasteiger charge is 2.20. The third-order valence-electron chi connectivity index (χ3n) is 3.35. The number of hydrogen-bond acceptors (Lipinski definition) is 5. The Balaban J connectivity index is 2.15. The van der Waals surface area contributed by atoms with E-state index in [0.717, 1.165) is 46.4 Å². The second-order valence-electron chi connectivity index (χ2n) is 4.47. The standard InChI is InChI=1S/C14H16N4S/c1-2-9-5-3-4-6-10(9)13-16-12-8-19-7-11(12)14(17-13)18-15/h3-6H,2,7-8,15H2,1H3,(H,16,17,18). The van der Waals surface area contributed by atoms with Gasteiger partial charge in [0.05, 0.1) is 5.69 Å². The van der Waals surface area contributed by atoms with Gasteiger partial charge in [0.2, 0.25) is 0 Å². The van der Waals surface area contributed by atoms with Gasteiger partial charge in [-0.05, 0) is 12.0 Å². The van der Waals surface area contributed by atoms with E-state index in [0.29, 0.717) is 0 Å². The molecule has 98 valence electrons. The van der Waals surface area contributed by atoms with E-state index in [9.17, 15) is 0 Å². The summed E-state index contributed by atoms with van der Waals surface area (Å²) in [4.78, 5) is 9.29. The number of aromatic nitrogens is 2. The highest BCUT2D eigenvalue weighted by atomic mass is 32.2. The van der Waals surface area contributed by atoms with Crippen molar-refractivity contribution in [3.8, 4) is 11.4 Å². The fourth-order valence-electron chi connectivity index (χ4n) is 2.34. The summed E-state index contributed by atoms with van der Waals surface area (Å²) in [6.07, 6.45) is 0.969. The molecule has 2 aromatic rings. The summed E-state index contributed by atoms with van der Waals surface area (Å²) in [6, 6.07) is 8.27. The summed E-state index contributed by atoms with van der Waals surface area (Å²) in [5.41, 5.74) is 7.32. The number of aryl methyl sites for hydroxylation is 1. The summed E-state index contributed by atoms with van der Waals surface area (Å²) in [6.45, 7) is 2.14. The molecule has 0 aliphatic carbocycles. The summed E-state index contributed by atoms with van der Waals surface area (Å²) in [5.74, 6) is 8.99. The Hall–Kier alpha value is -1.59. The third kappa shape index (κ3) is 2.19. The van der Waals surface area contributed by atoms with Crippen LogP contribution in [-0.2, 0) is 17.9 Å². The lowest BCUT2D eigenvalue weighted by molar-refractivity contribution is 1.05. The zero-order chi connectivity index (χ0) is 13.2. The number of rotatable bonds is 3. The lowest BCUT2D eigenvalue weighted by atomic mass is 10.0. The second-order valence-corrected chi connectivity index (χ2v) is 5.45. The molecule has 1 aliphatic rings. The van der Waals surface area contributed by atoms with Crippen LogP contribution in [0.5, 0.6) is 0 Å². The lowest BCUT2D eigenvalue weighted by Crippen LogP contribution is -2.13. The molecular formula is C14H16N4S. The monoisotopic (exact) mass is 272 g/mol. The molecule has 0 spiro atoms. The van der Waals surface area contributed by atoms with Crippen molar-refractivity contribution in [2.45, 2.75) is 24.9 Å². The molecule has 0 bridgehead atoms. The highest BCUT2D eigenvalue weighted by Crippen LogP contribution is 2.34. The first-order chi connectivity index (χ1) is 9.33. The van der Waals surface area contributed by atoms with E-state index in [1.807, 2.05) is 23.9 Å². The molecule has 0 saturated heterocycles. The topological polar surface area (TPSA) is 63.8 Å². The third-order valence-corrected chi connectivity index (χ3v) is 4.32. The predicted molar refractivity (Wildman–Crippen MR) is 79.7 cm³/mol. The van der Waals surface area contributed by atoms with Gasteiger partial charge in [0, 0.05) is 22.6 Å². The zero-order valence-electron chi connectivity index (χ0n) is 10.8. The van der Waals surface area contributed by atoms with Crippen LogP contribution in [-0.4, -0.2) is 9.97 Å². The molecule has 1 aromatic carbocycles. The Morgan fingerprint density at radius 2 is 2.11 bits per heavy atom. The maximum absolute atomic E-state index is 5.59. The molecule has 0 atom stereocenters. The number of nitrogens with zero attached hydrogens (tertiary/aromatic N) is 2. The van der Waals surface area contributed by atoms with Gasteiger partial charge in [-0.15, -0.1) is 0 Å². The number of anilines is 1. The average Bonchev–Trinajstić information content (AvgIpc) is 2.94. The predicted octanol–water partition coefficient (Wildman–Crippen LogP) is 2.74. The number of hydrazine groups is 1. The molecule has 1 aromatic heterocycles. The molecule has 1 aliphatic heterocycles. The number of benzene rings is 1. The molecule has 0 saturated carbocycles. The number of nitrogens with two attached hydrogens (primary N) is 1. The summed E-state index contributed by atoms with van der Waals surface area (Å²) < 4.78 is 0. The van der Waals surface area contributed by atoms with Crippen molar-refractivity contribution >= 4 is 17.6 Å². The minimum atomic E-state index is 0.760. The molecule has 3 rings (SSSR count). The van der Waals surface area contributed by atoms with Gasteiger partial charge in [0.25, 0.3) is 0 Å². The molecule has 2 heterocycles. The average molecular weight is 272 g/mol. The van der Waals surface area contributed by atoms with Gasteiger partial charge in [-0.3, -0.25) is 0 Å². The fourth-order valence-corrected chi connectivity index (χ4v) is 3.38. The highest BCUT2D eigenvalue weighted by molar-refractivity contribution is 7.98. The molecule has 5 heteroatoms. The summed E-state index contributed by atoms with van der Waals surface area (Å²) in [7, 11) is 0. The number of nitrogen functional groups attached to an aromatic ring is 1. The SMILES string of the molecule is CCc1ccccc1-c1nc2c(c(NN)n1)CSC2. The minimum Gasteiger partial charge on any atom is -0.308 e. The maximum Gasteiger partial charge on any atom is 0.162 e. The van der Waals surface area contributed by atoms with Gasteiger partial charge in [-0.25, -0.2) is 15.8 Å². The van der Waals surface area contributed by atoms with Crippen LogP contribution in [0.1, 0.15) is 23.7 Å². The van der Waals surface area contributed by atoms with Gasteiger partial charge >= 0.3 is 0 Å². The van der Waals surface area contributed by atoms with Crippen molar-refractivity contribution in [3.05, 3.63) is 41.1 Å². The van der Waals surface area contributed by atoms with Crippen molar-refractivity contribution in [1.29, 1.82) is 0 Å². The van der Waals surface area contributed by atoms with Crippen molar-refractivity contribution in [3.63, 3.8) is 0 Å². The number of nitrogens with one attached hydrogen (secondary N) is 1. The Morgan fingerprint density at radius 3 is 2.89 bits per heavy atom. The normalized spacial score (nSPS) is 13.4. The van der Waals surface area contributed by atoms with Crippen LogP contribution in [0, 0.1) is 0 Å². The van der Waals surface area contributed by atoms with Crippen LogP contribution in [0.2, 0.25) is 0 Å². The first-order valence-corrected chi connectivity index (χ1v) is 7.51. The van der Waals surface area contributed by atoms with E-state index < -0.39 is 0 Å². The summed E-state index contributed by atoms with van der Waals surface area (Å²) >= 11 is 1.85. The van der Waals surface area contributed by atoms with Gasteiger partial charge in [-0.2, -0.15) is 11.8 Å². The van der Waals surface area contributed by atoms with E-state index >= 15 is 0 Å². The molecule has 0 radical (unpaired) electrons. The fraction of sp³-hybridized carbons (Fsp3) is 0.286. The van der Waals surface area contributed by atoms with E-state index in [-0.39, 0.29) is 0 Å². The molecule has 3 N–H and O–H groups in total. The Kier molecular flexibility index (Phi) is 3.40. The quantitative estimate of drug-likeness (QED) is 0.664. The van der Waals surface area contributed by atoms with Crippen molar-refractivity contribution in [2.75, 3.05) is 5.43 Å². The van der Waals surface area contributed by atoms with Gasteiger partial charge < -0.3 is 5.43 Å². The first-order valence-electron chi connectivity index (χ1n) is 6.36. The van der Waals surface area contributed by atoms with E-state index in [2.05, 4.69) is 29.5 Å². The van der Waals surface area contributed by atoms with Crippen LogP contribution in [0.3, 0.4) is 0 Å². The van der Waals surface area contributed by atoms with Crippen molar-refractivity contribution in [2.24, 2.45) is 5.84 Å². The number of thioether (sulfide) groups is 1. The van der Waals surface area contributed by atoms with E-state index in [4.69, 9.17) is 10.8 Å². The Bertz CT molecular complexity index is 612. The van der Waals surface area contributed by atoms with Crippen LogP contribution in [0.4, 0.5) is 5.82 Å². The number of fused-ring (bicyclic) bond motifs is 1. The zero-order valence-corrected chi connectivity index (χ0v) is 11.6. The smallest absolute Gasteiger partial charge is 0.162 e. The van der Waals surface area contributed by atoms with Crippen LogP contribution in [0.15, 0.2) is 24.3 Å². The van der Waals surface area contributed by atoms with Crippen molar-refractivity contribution in [1.82, 2.24) is 9.97 Å². The van der Waals surface area contributed by atoms with E-state index in [1.165, 1.54) is 5.56 Å². The molecule has 0 amide bonds. The summed E-state index contributed by atoms with van der Waals surface area (Å²) in [5, 5.41) is 0. The van der Waals surface area contributed by atoms with E-state index in [1.54, 1.807) is 0 Å². The molecular weight excluding hydrogens is 256 g/mol. The van der Waals surface area contributed by atoms with Gasteiger partial charge in [0.15, 0.2) is 5.82 Å². The molecule has 19 heavy (non-hydrogen) atoms. The molecule has 0 unspecified atom stereocenters. The lowest BCUT2D eigenvalue weighted by Gasteiger charge is -2.11. The van der Waals surface area contributed by atoms with Crippen LogP contribution < -0.4 is 11.3 Å². The maximum atomic E-state index is 5.59. The van der Waals surface area contributed by atoms with Crippen LogP contribution >= 0.6 is 11.8 Å². The molecule has 0 fully saturated rings. The van der Waals surface area contributed by atoms with Gasteiger partial charge in [-0.1, -0.05) is 31.2 Å². The minimum absolute atomic E-state index is 0.760. The Labute approximate surface area is 116 Å². The Morgan fingerprint density at radius 1 is 1.26 bits per heavy atom. The van der Waals surface area contributed by atoms with Gasteiger partial charge in [0.1, 0.15) is 5.82 Å². The largest absolute Gasteiger partial charge is 0.308 e. The number of hydrogen-bond donors (Lipinski definition) is 2. The second kappa shape index (κ2) is 5.19. The first kappa shape index (κ1) is 12.4. The van der Waals surface area contributed by atoms with Crippen LogP contribution in [0.25, 0.3) is 11.4 Å².